The maximum absolute atomic E-state index is 13.1. The van der Waals surface area contributed by atoms with Gasteiger partial charge in [0.05, 0.1) is 5.25 Å². The van der Waals surface area contributed by atoms with Gasteiger partial charge >= 0.3 is 0 Å². The molecule has 1 saturated heterocycles. The molecule has 2 aromatic rings. The second kappa shape index (κ2) is 8.55. The van der Waals surface area contributed by atoms with Crippen molar-refractivity contribution in [1.82, 2.24) is 19.7 Å². The average Bonchev–Trinajstić information content (AvgIpc) is 3.24. The fourth-order valence-corrected chi connectivity index (χ4v) is 4.75. The van der Waals surface area contributed by atoms with E-state index in [4.69, 9.17) is 0 Å². The minimum absolute atomic E-state index is 0.157. The number of aromatic nitrogens is 3. The van der Waals surface area contributed by atoms with Crippen LogP contribution >= 0.6 is 11.8 Å². The van der Waals surface area contributed by atoms with Crippen LogP contribution in [0.5, 0.6) is 0 Å². The van der Waals surface area contributed by atoms with E-state index in [1.165, 1.54) is 25.7 Å². The summed E-state index contributed by atoms with van der Waals surface area (Å²) in [6.07, 6.45) is 4.81. The van der Waals surface area contributed by atoms with Crippen LogP contribution in [0.4, 0.5) is 5.95 Å². The van der Waals surface area contributed by atoms with Gasteiger partial charge in [-0.15, -0.1) is 10.2 Å². The summed E-state index contributed by atoms with van der Waals surface area (Å²) in [6.45, 7) is 7.50. The topological polar surface area (TPSA) is 54.3 Å². The largest absolute Gasteiger partial charge is 0.341 e. The first-order chi connectivity index (χ1) is 13.7. The molecular formula is C21H29N5OS. The monoisotopic (exact) mass is 399 g/mol. The molecule has 2 heterocycles. The maximum atomic E-state index is 13.1. The van der Waals surface area contributed by atoms with Gasteiger partial charge in [0.1, 0.15) is 0 Å². The van der Waals surface area contributed by atoms with Crippen LogP contribution in [0.2, 0.25) is 0 Å². The van der Waals surface area contributed by atoms with Gasteiger partial charge in [-0.25, -0.2) is 0 Å². The van der Waals surface area contributed by atoms with Gasteiger partial charge in [0.2, 0.25) is 11.9 Å². The van der Waals surface area contributed by atoms with E-state index in [0.717, 1.165) is 29.8 Å². The van der Waals surface area contributed by atoms with Crippen molar-refractivity contribution in [3.05, 3.63) is 35.9 Å². The third-order valence-electron chi connectivity index (χ3n) is 5.49. The first-order valence-electron chi connectivity index (χ1n) is 10.4. The lowest BCUT2D eigenvalue weighted by Crippen LogP contribution is -2.36. The number of thioether (sulfide) groups is 1. The maximum Gasteiger partial charge on any atom is 0.236 e. The van der Waals surface area contributed by atoms with E-state index in [-0.39, 0.29) is 11.2 Å². The van der Waals surface area contributed by atoms with Gasteiger partial charge in [-0.3, -0.25) is 9.36 Å². The van der Waals surface area contributed by atoms with Crippen LogP contribution in [0.1, 0.15) is 51.1 Å². The number of carbonyl (C=O) groups excluding carboxylic acids is 1. The normalized spacial score (nSPS) is 17.7. The Morgan fingerprint density at radius 3 is 2.57 bits per heavy atom. The summed E-state index contributed by atoms with van der Waals surface area (Å²) in [6, 6.07) is 10.7. The van der Waals surface area contributed by atoms with Crippen LogP contribution in [0.3, 0.4) is 0 Å². The number of amides is 1. The molecule has 7 heteroatoms. The number of rotatable bonds is 8. The highest BCUT2D eigenvalue weighted by Gasteiger charge is 2.34. The minimum Gasteiger partial charge on any atom is -0.341 e. The van der Waals surface area contributed by atoms with Crippen molar-refractivity contribution >= 4 is 23.6 Å². The summed E-state index contributed by atoms with van der Waals surface area (Å²) >= 11 is 1.55. The third kappa shape index (κ3) is 4.19. The van der Waals surface area contributed by atoms with Crippen LogP contribution in [0.25, 0.3) is 0 Å². The van der Waals surface area contributed by atoms with Gasteiger partial charge in [-0.05, 0) is 45.1 Å². The van der Waals surface area contributed by atoms with Crippen molar-refractivity contribution in [2.75, 3.05) is 24.5 Å². The van der Waals surface area contributed by atoms with Crippen molar-refractivity contribution in [3.63, 3.8) is 0 Å². The van der Waals surface area contributed by atoms with E-state index in [1.807, 2.05) is 36.9 Å². The molecule has 1 unspecified atom stereocenters. The SMILES string of the molecule is CCN(Cc1ccccc1)C(=O)C(C)Sc1nnc(N2CCCC2)n1C1CC1. The molecule has 0 N–H and O–H groups in total. The Morgan fingerprint density at radius 2 is 1.93 bits per heavy atom. The van der Waals surface area contributed by atoms with E-state index in [9.17, 15) is 4.79 Å². The van der Waals surface area contributed by atoms with Crippen molar-refractivity contribution in [3.8, 4) is 0 Å². The number of carbonyl (C=O) groups is 1. The molecule has 1 atom stereocenters. The molecule has 2 aliphatic rings. The first kappa shape index (κ1) is 19.3. The first-order valence-corrected chi connectivity index (χ1v) is 11.2. The molecule has 0 bridgehead atoms. The van der Waals surface area contributed by atoms with Crippen molar-refractivity contribution < 1.29 is 4.79 Å². The summed E-state index contributed by atoms with van der Waals surface area (Å²) in [5.41, 5.74) is 1.16. The molecule has 1 aliphatic heterocycles. The molecule has 1 aliphatic carbocycles. The molecular weight excluding hydrogens is 370 g/mol. The highest BCUT2D eigenvalue weighted by Crippen LogP contribution is 2.42. The summed E-state index contributed by atoms with van der Waals surface area (Å²) in [4.78, 5) is 17.3. The number of benzene rings is 1. The predicted octanol–water partition coefficient (Wildman–Crippen LogP) is 3.74. The lowest BCUT2D eigenvalue weighted by Gasteiger charge is -2.24. The van der Waals surface area contributed by atoms with Gasteiger partial charge in [0.15, 0.2) is 5.16 Å². The van der Waals surface area contributed by atoms with Crippen LogP contribution in [-0.2, 0) is 11.3 Å². The Hall–Kier alpha value is -2.02. The Morgan fingerprint density at radius 1 is 1.21 bits per heavy atom. The van der Waals surface area contributed by atoms with Crippen LogP contribution in [-0.4, -0.2) is 50.5 Å². The smallest absolute Gasteiger partial charge is 0.236 e. The van der Waals surface area contributed by atoms with Crippen LogP contribution in [0.15, 0.2) is 35.5 Å². The van der Waals surface area contributed by atoms with Crippen LogP contribution in [0, 0.1) is 0 Å². The number of anilines is 1. The van der Waals surface area contributed by atoms with Gasteiger partial charge in [-0.1, -0.05) is 42.1 Å². The molecule has 6 nitrogen and oxygen atoms in total. The van der Waals surface area contributed by atoms with E-state index in [0.29, 0.717) is 19.1 Å². The highest BCUT2D eigenvalue weighted by molar-refractivity contribution is 8.00. The molecule has 1 amide bonds. The molecule has 0 radical (unpaired) electrons. The van der Waals surface area contributed by atoms with E-state index in [2.05, 4.69) is 31.8 Å². The lowest BCUT2D eigenvalue weighted by molar-refractivity contribution is -0.130. The summed E-state index contributed by atoms with van der Waals surface area (Å²) in [5, 5.41) is 9.68. The minimum atomic E-state index is -0.184. The zero-order valence-corrected chi connectivity index (χ0v) is 17.6. The molecule has 150 valence electrons. The summed E-state index contributed by atoms with van der Waals surface area (Å²) < 4.78 is 2.28. The Bertz CT molecular complexity index is 798. The number of hydrogen-bond acceptors (Lipinski definition) is 5. The molecule has 1 aromatic carbocycles. The fourth-order valence-electron chi connectivity index (χ4n) is 3.75. The number of nitrogens with zero attached hydrogens (tertiary/aromatic N) is 5. The summed E-state index contributed by atoms with van der Waals surface area (Å²) in [7, 11) is 0. The fraction of sp³-hybridized carbons (Fsp3) is 0.571. The predicted molar refractivity (Wildman–Crippen MR) is 113 cm³/mol. The number of hydrogen-bond donors (Lipinski definition) is 0. The highest BCUT2D eigenvalue weighted by atomic mass is 32.2. The third-order valence-corrected chi connectivity index (χ3v) is 6.53. The quantitative estimate of drug-likeness (QED) is 0.633. The molecule has 2 fully saturated rings. The molecule has 1 saturated carbocycles. The van der Waals surface area contributed by atoms with Gasteiger partial charge in [-0.2, -0.15) is 0 Å². The van der Waals surface area contributed by atoms with Gasteiger partial charge in [0, 0.05) is 32.2 Å². The second-order valence-corrected chi connectivity index (χ2v) is 8.98. The van der Waals surface area contributed by atoms with Crippen molar-refractivity contribution in [2.45, 2.75) is 62.5 Å². The molecule has 28 heavy (non-hydrogen) atoms. The zero-order valence-electron chi connectivity index (χ0n) is 16.8. The second-order valence-electron chi connectivity index (χ2n) is 7.68. The van der Waals surface area contributed by atoms with Crippen molar-refractivity contribution in [2.24, 2.45) is 0 Å². The Labute approximate surface area is 171 Å². The molecule has 4 rings (SSSR count). The Balaban J connectivity index is 1.46. The average molecular weight is 400 g/mol. The Kier molecular flexibility index (Phi) is 5.90. The van der Waals surface area contributed by atoms with Crippen molar-refractivity contribution in [1.29, 1.82) is 0 Å². The van der Waals surface area contributed by atoms with E-state index in [1.54, 1.807) is 11.8 Å². The zero-order chi connectivity index (χ0) is 19.5. The summed E-state index contributed by atoms with van der Waals surface area (Å²) in [5.74, 6) is 1.16. The molecule has 0 spiro atoms. The van der Waals surface area contributed by atoms with E-state index >= 15 is 0 Å². The van der Waals surface area contributed by atoms with Gasteiger partial charge in [0.25, 0.3) is 0 Å². The standard InChI is InChI=1S/C21H29N5OS/c1-3-24(15-17-9-5-4-6-10-17)19(27)16(2)28-21-23-22-20(25-13-7-8-14-25)26(21)18-11-12-18/h4-6,9-10,16,18H,3,7-8,11-15H2,1-2H3. The lowest BCUT2D eigenvalue weighted by atomic mass is 10.2. The molecule has 1 aromatic heterocycles. The van der Waals surface area contributed by atoms with E-state index < -0.39 is 0 Å². The van der Waals surface area contributed by atoms with Crippen LogP contribution < -0.4 is 4.90 Å². The van der Waals surface area contributed by atoms with Gasteiger partial charge < -0.3 is 9.80 Å².